The van der Waals surface area contributed by atoms with Crippen molar-refractivity contribution in [3.05, 3.63) is 52.5 Å². The molecule has 0 aliphatic carbocycles. The van der Waals surface area contributed by atoms with Crippen molar-refractivity contribution < 1.29 is 17.9 Å². The lowest BCUT2D eigenvalue weighted by atomic mass is 10.2. The number of methoxy groups -OCH3 is 2. The van der Waals surface area contributed by atoms with Gasteiger partial charge in [0.05, 0.1) is 20.4 Å². The Bertz CT molecular complexity index is 822. The van der Waals surface area contributed by atoms with E-state index >= 15 is 0 Å². The van der Waals surface area contributed by atoms with Gasteiger partial charge in [-0.1, -0.05) is 28.1 Å². The molecule has 0 atom stereocenters. The largest absolute Gasteiger partial charge is 0.497 e. The Morgan fingerprint density at radius 1 is 1.13 bits per heavy atom. The SMILES string of the molecule is COc1ccc(OC)c(S(=O)(=O)N/N=C/c2cccc(Br)c2)c1. The molecule has 6 nitrogen and oxygen atoms in total. The number of rotatable bonds is 6. The Morgan fingerprint density at radius 3 is 2.57 bits per heavy atom. The molecule has 0 spiro atoms. The van der Waals surface area contributed by atoms with Gasteiger partial charge in [-0.25, -0.2) is 0 Å². The third kappa shape index (κ3) is 4.46. The van der Waals surface area contributed by atoms with E-state index in [9.17, 15) is 8.42 Å². The summed E-state index contributed by atoms with van der Waals surface area (Å²) in [5.74, 6) is 0.609. The van der Waals surface area contributed by atoms with E-state index in [1.165, 1.54) is 32.6 Å². The first-order valence-corrected chi connectivity index (χ1v) is 8.76. The smallest absolute Gasteiger partial charge is 0.280 e. The number of nitrogens with zero attached hydrogens (tertiary/aromatic N) is 1. The summed E-state index contributed by atoms with van der Waals surface area (Å²) < 4.78 is 35.7. The van der Waals surface area contributed by atoms with E-state index in [1.807, 2.05) is 18.2 Å². The number of hydrogen-bond acceptors (Lipinski definition) is 5. The van der Waals surface area contributed by atoms with Crippen LogP contribution in [0.5, 0.6) is 11.5 Å². The van der Waals surface area contributed by atoms with Gasteiger partial charge in [-0.05, 0) is 29.8 Å². The maximum Gasteiger partial charge on any atom is 0.280 e. The van der Waals surface area contributed by atoms with Gasteiger partial charge >= 0.3 is 0 Å². The highest BCUT2D eigenvalue weighted by molar-refractivity contribution is 9.10. The van der Waals surface area contributed by atoms with Gasteiger partial charge in [0.1, 0.15) is 16.4 Å². The van der Waals surface area contributed by atoms with Gasteiger partial charge in [0, 0.05) is 10.5 Å². The van der Waals surface area contributed by atoms with Gasteiger partial charge in [-0.2, -0.15) is 18.4 Å². The molecule has 0 bridgehead atoms. The fourth-order valence-corrected chi connectivity index (χ4v) is 3.19. The fraction of sp³-hybridized carbons (Fsp3) is 0.133. The molecule has 23 heavy (non-hydrogen) atoms. The van der Waals surface area contributed by atoms with Gasteiger partial charge in [0.15, 0.2) is 0 Å². The van der Waals surface area contributed by atoms with Crippen LogP contribution in [0.2, 0.25) is 0 Å². The van der Waals surface area contributed by atoms with Gasteiger partial charge in [0.25, 0.3) is 10.0 Å². The number of benzene rings is 2. The van der Waals surface area contributed by atoms with E-state index in [1.54, 1.807) is 12.1 Å². The van der Waals surface area contributed by atoms with Gasteiger partial charge in [0.2, 0.25) is 0 Å². The predicted molar refractivity (Wildman–Crippen MR) is 91.6 cm³/mol. The molecule has 0 unspecified atom stereocenters. The molecule has 0 aliphatic heterocycles. The van der Waals surface area contributed by atoms with Crippen LogP contribution in [0.3, 0.4) is 0 Å². The maximum absolute atomic E-state index is 12.4. The molecule has 0 heterocycles. The Kier molecular flexibility index (Phi) is 5.62. The van der Waals surface area contributed by atoms with Crippen LogP contribution in [0.4, 0.5) is 0 Å². The normalized spacial score (nSPS) is 11.4. The summed E-state index contributed by atoms with van der Waals surface area (Å²) in [6.45, 7) is 0. The van der Waals surface area contributed by atoms with Crippen molar-refractivity contribution in [1.29, 1.82) is 0 Å². The summed E-state index contributed by atoms with van der Waals surface area (Å²) in [5.41, 5.74) is 0.750. The van der Waals surface area contributed by atoms with Crippen molar-refractivity contribution in [2.45, 2.75) is 4.90 Å². The first-order valence-electron chi connectivity index (χ1n) is 6.49. The van der Waals surface area contributed by atoms with Crippen LogP contribution in [0, 0.1) is 0 Å². The molecule has 0 saturated heterocycles. The monoisotopic (exact) mass is 398 g/mol. The summed E-state index contributed by atoms with van der Waals surface area (Å²) in [6, 6.07) is 11.8. The van der Waals surface area contributed by atoms with Crippen LogP contribution in [-0.4, -0.2) is 28.9 Å². The zero-order valence-electron chi connectivity index (χ0n) is 12.5. The van der Waals surface area contributed by atoms with Crippen molar-refractivity contribution in [3.8, 4) is 11.5 Å². The molecular weight excluding hydrogens is 384 g/mol. The van der Waals surface area contributed by atoms with E-state index in [0.29, 0.717) is 5.75 Å². The summed E-state index contributed by atoms with van der Waals surface area (Å²) in [5, 5.41) is 3.78. The molecule has 0 fully saturated rings. The van der Waals surface area contributed by atoms with E-state index in [-0.39, 0.29) is 10.6 Å². The van der Waals surface area contributed by atoms with Gasteiger partial charge in [-0.3, -0.25) is 0 Å². The molecule has 0 aliphatic rings. The second-order valence-corrected chi connectivity index (χ2v) is 6.97. The lowest BCUT2D eigenvalue weighted by Crippen LogP contribution is -2.19. The number of hydrogen-bond donors (Lipinski definition) is 1. The molecule has 1 N–H and O–H groups in total. The zero-order chi connectivity index (χ0) is 16.9. The average molecular weight is 399 g/mol. The molecule has 122 valence electrons. The van der Waals surface area contributed by atoms with E-state index in [2.05, 4.69) is 25.9 Å². The molecular formula is C15H15BrN2O4S. The first-order chi connectivity index (χ1) is 11.0. The van der Waals surface area contributed by atoms with Crippen molar-refractivity contribution in [2.75, 3.05) is 14.2 Å². The number of ether oxygens (including phenoxy) is 2. The highest BCUT2D eigenvalue weighted by Gasteiger charge is 2.19. The minimum absolute atomic E-state index is 0.0502. The van der Waals surface area contributed by atoms with Crippen LogP contribution in [0.1, 0.15) is 5.56 Å². The Balaban J connectivity index is 2.25. The van der Waals surface area contributed by atoms with Crippen molar-refractivity contribution in [2.24, 2.45) is 5.10 Å². The molecule has 2 aromatic rings. The minimum atomic E-state index is -3.88. The number of sulfonamides is 1. The predicted octanol–water partition coefficient (Wildman–Crippen LogP) is 2.78. The van der Waals surface area contributed by atoms with Crippen molar-refractivity contribution in [1.82, 2.24) is 4.83 Å². The third-order valence-corrected chi connectivity index (χ3v) is 4.63. The molecule has 0 amide bonds. The summed E-state index contributed by atoms with van der Waals surface area (Å²) >= 11 is 3.33. The number of nitrogens with one attached hydrogen (secondary N) is 1. The van der Waals surface area contributed by atoms with Crippen LogP contribution in [-0.2, 0) is 10.0 Å². The van der Waals surface area contributed by atoms with Crippen LogP contribution in [0.25, 0.3) is 0 Å². The Morgan fingerprint density at radius 2 is 1.91 bits per heavy atom. The Labute approximate surface area is 143 Å². The van der Waals surface area contributed by atoms with Gasteiger partial charge in [-0.15, -0.1) is 0 Å². The molecule has 2 rings (SSSR count). The second kappa shape index (κ2) is 7.47. The van der Waals surface area contributed by atoms with E-state index < -0.39 is 10.0 Å². The summed E-state index contributed by atoms with van der Waals surface area (Å²) in [4.78, 5) is 2.11. The maximum atomic E-state index is 12.4. The molecule has 8 heteroatoms. The lowest BCUT2D eigenvalue weighted by molar-refractivity contribution is 0.392. The fourth-order valence-electron chi connectivity index (χ4n) is 1.80. The second-order valence-electron chi connectivity index (χ2n) is 4.42. The minimum Gasteiger partial charge on any atom is -0.497 e. The Hall–Kier alpha value is -2.06. The van der Waals surface area contributed by atoms with Crippen LogP contribution in [0.15, 0.2) is 56.9 Å². The molecule has 2 aromatic carbocycles. The summed E-state index contributed by atoms with van der Waals surface area (Å²) in [6.07, 6.45) is 1.41. The van der Waals surface area contributed by atoms with Crippen molar-refractivity contribution in [3.63, 3.8) is 0 Å². The average Bonchev–Trinajstić information content (AvgIpc) is 2.54. The lowest BCUT2D eigenvalue weighted by Gasteiger charge is -2.10. The van der Waals surface area contributed by atoms with E-state index in [4.69, 9.17) is 9.47 Å². The number of hydrazone groups is 1. The zero-order valence-corrected chi connectivity index (χ0v) is 14.9. The van der Waals surface area contributed by atoms with Crippen molar-refractivity contribution >= 4 is 32.2 Å². The third-order valence-electron chi connectivity index (χ3n) is 2.90. The summed E-state index contributed by atoms with van der Waals surface area (Å²) in [7, 11) is -1.03. The van der Waals surface area contributed by atoms with Crippen LogP contribution >= 0.6 is 15.9 Å². The van der Waals surface area contributed by atoms with E-state index in [0.717, 1.165) is 10.0 Å². The topological polar surface area (TPSA) is 77.0 Å². The molecule has 0 saturated carbocycles. The molecule has 0 radical (unpaired) electrons. The quantitative estimate of drug-likeness (QED) is 0.599. The standard InChI is InChI=1S/C15H15BrN2O4S/c1-21-13-6-7-14(22-2)15(9-13)23(19,20)18-17-10-11-4-3-5-12(16)8-11/h3-10,18H,1-2H3/b17-10+. The molecule has 0 aromatic heterocycles. The highest BCUT2D eigenvalue weighted by atomic mass is 79.9. The first kappa shape index (κ1) is 17.3. The van der Waals surface area contributed by atoms with Gasteiger partial charge < -0.3 is 9.47 Å². The number of halogens is 1. The van der Waals surface area contributed by atoms with Crippen LogP contribution < -0.4 is 14.3 Å². The highest BCUT2D eigenvalue weighted by Crippen LogP contribution is 2.27.